The van der Waals surface area contributed by atoms with E-state index in [-0.39, 0.29) is 0 Å². The van der Waals surface area contributed by atoms with Gasteiger partial charge in [-0.2, -0.15) is 0 Å². The number of nitrogens with one attached hydrogen (secondary N) is 1. The second kappa shape index (κ2) is 7.71. The lowest BCUT2D eigenvalue weighted by atomic mass is 10.2. The van der Waals surface area contributed by atoms with Crippen LogP contribution in [0.2, 0.25) is 5.02 Å². The van der Waals surface area contributed by atoms with Crippen LogP contribution in [0.5, 0.6) is 11.5 Å². The summed E-state index contributed by atoms with van der Waals surface area (Å²) in [4.78, 5) is 0. The fraction of sp³-hybridized carbons (Fsp3) is 0.368. The summed E-state index contributed by atoms with van der Waals surface area (Å²) in [5.74, 6) is 1.44. The molecule has 0 saturated heterocycles. The maximum atomic E-state index is 6.41. The standard InChI is InChI=1S/C19H22ClNO2/c1-2-22-18-10-15(12-21-16-8-9-16)17(20)11-19(18)23-13-14-6-4-3-5-7-14/h3-7,10-11,16,21H,2,8-9,12-13H2,1H3. The van der Waals surface area contributed by atoms with Gasteiger partial charge >= 0.3 is 0 Å². The third-order valence-electron chi connectivity index (χ3n) is 3.81. The molecule has 0 radical (unpaired) electrons. The predicted molar refractivity (Wildman–Crippen MR) is 93.3 cm³/mol. The average molecular weight is 332 g/mol. The molecule has 0 spiro atoms. The molecule has 1 N–H and O–H groups in total. The van der Waals surface area contributed by atoms with Crippen LogP contribution in [0.1, 0.15) is 30.9 Å². The highest BCUT2D eigenvalue weighted by Gasteiger charge is 2.21. The number of halogens is 1. The molecular weight excluding hydrogens is 310 g/mol. The summed E-state index contributed by atoms with van der Waals surface area (Å²) in [7, 11) is 0. The van der Waals surface area contributed by atoms with E-state index >= 15 is 0 Å². The molecule has 0 bridgehead atoms. The van der Waals surface area contributed by atoms with Crippen LogP contribution in [0, 0.1) is 0 Å². The normalized spacial score (nSPS) is 13.8. The van der Waals surface area contributed by atoms with Crippen molar-refractivity contribution in [2.24, 2.45) is 0 Å². The van der Waals surface area contributed by atoms with Gasteiger partial charge in [0, 0.05) is 23.7 Å². The monoisotopic (exact) mass is 331 g/mol. The van der Waals surface area contributed by atoms with Crippen LogP contribution in [0.4, 0.5) is 0 Å². The van der Waals surface area contributed by atoms with Gasteiger partial charge in [-0.05, 0) is 37.0 Å². The number of rotatable bonds is 8. The van der Waals surface area contributed by atoms with Gasteiger partial charge in [0.25, 0.3) is 0 Å². The number of hydrogen-bond acceptors (Lipinski definition) is 3. The Morgan fingerprint density at radius 1 is 1.09 bits per heavy atom. The Hall–Kier alpha value is -1.71. The second-order valence-electron chi connectivity index (χ2n) is 5.75. The molecule has 23 heavy (non-hydrogen) atoms. The molecule has 3 nitrogen and oxygen atoms in total. The Bertz CT molecular complexity index is 641. The minimum atomic E-state index is 0.497. The van der Waals surface area contributed by atoms with Crippen molar-refractivity contribution in [1.29, 1.82) is 0 Å². The summed E-state index contributed by atoms with van der Waals surface area (Å²) in [5, 5.41) is 4.19. The van der Waals surface area contributed by atoms with Gasteiger partial charge in [0.05, 0.1) is 6.61 Å². The van der Waals surface area contributed by atoms with Gasteiger partial charge in [-0.1, -0.05) is 41.9 Å². The largest absolute Gasteiger partial charge is 0.490 e. The van der Waals surface area contributed by atoms with Crippen molar-refractivity contribution in [3.63, 3.8) is 0 Å². The average Bonchev–Trinajstić information content (AvgIpc) is 3.39. The first kappa shape index (κ1) is 16.2. The predicted octanol–water partition coefficient (Wildman–Crippen LogP) is 4.57. The summed E-state index contributed by atoms with van der Waals surface area (Å²) in [5.41, 5.74) is 2.17. The van der Waals surface area contributed by atoms with Crippen molar-refractivity contribution in [2.45, 2.75) is 39.0 Å². The summed E-state index contributed by atoms with van der Waals surface area (Å²) < 4.78 is 11.7. The fourth-order valence-corrected chi connectivity index (χ4v) is 2.59. The van der Waals surface area contributed by atoms with E-state index in [9.17, 15) is 0 Å². The summed E-state index contributed by atoms with van der Waals surface area (Å²) in [6.45, 7) is 3.83. The summed E-state index contributed by atoms with van der Waals surface area (Å²) in [6, 6.07) is 14.6. The van der Waals surface area contributed by atoms with E-state index in [4.69, 9.17) is 21.1 Å². The lowest BCUT2D eigenvalue weighted by Crippen LogP contribution is -2.15. The maximum Gasteiger partial charge on any atom is 0.163 e. The van der Waals surface area contributed by atoms with Crippen LogP contribution in [0.3, 0.4) is 0 Å². The van der Waals surface area contributed by atoms with Crippen molar-refractivity contribution in [3.05, 3.63) is 58.6 Å². The molecule has 0 aromatic heterocycles. The van der Waals surface area contributed by atoms with Gasteiger partial charge in [-0.15, -0.1) is 0 Å². The molecule has 0 atom stereocenters. The molecular formula is C19H22ClNO2. The van der Waals surface area contributed by atoms with Crippen LogP contribution in [0.15, 0.2) is 42.5 Å². The molecule has 0 amide bonds. The smallest absolute Gasteiger partial charge is 0.163 e. The molecule has 122 valence electrons. The van der Waals surface area contributed by atoms with E-state index in [1.165, 1.54) is 12.8 Å². The van der Waals surface area contributed by atoms with Gasteiger partial charge < -0.3 is 14.8 Å². The van der Waals surface area contributed by atoms with Crippen LogP contribution >= 0.6 is 11.6 Å². The Morgan fingerprint density at radius 2 is 1.83 bits per heavy atom. The zero-order valence-electron chi connectivity index (χ0n) is 13.3. The van der Waals surface area contributed by atoms with Crippen LogP contribution < -0.4 is 14.8 Å². The van der Waals surface area contributed by atoms with E-state index in [1.54, 1.807) is 0 Å². The van der Waals surface area contributed by atoms with E-state index in [1.807, 2.05) is 49.4 Å². The molecule has 1 aliphatic carbocycles. The molecule has 2 aromatic carbocycles. The first-order valence-corrected chi connectivity index (χ1v) is 8.49. The SMILES string of the molecule is CCOc1cc(CNC2CC2)c(Cl)cc1OCc1ccccc1. The van der Waals surface area contributed by atoms with Gasteiger partial charge in [-0.3, -0.25) is 0 Å². The van der Waals surface area contributed by atoms with Crippen molar-refractivity contribution in [2.75, 3.05) is 6.61 Å². The van der Waals surface area contributed by atoms with Crippen LogP contribution in [0.25, 0.3) is 0 Å². The van der Waals surface area contributed by atoms with Crippen molar-refractivity contribution in [3.8, 4) is 11.5 Å². The van der Waals surface area contributed by atoms with Crippen molar-refractivity contribution in [1.82, 2.24) is 5.32 Å². The van der Waals surface area contributed by atoms with Crippen molar-refractivity contribution >= 4 is 11.6 Å². The number of hydrogen-bond donors (Lipinski definition) is 1. The molecule has 4 heteroatoms. The van der Waals surface area contributed by atoms with Crippen molar-refractivity contribution < 1.29 is 9.47 Å². The highest BCUT2D eigenvalue weighted by Crippen LogP contribution is 2.34. The Balaban J connectivity index is 1.73. The van der Waals surface area contributed by atoms with Crippen LogP contribution in [-0.2, 0) is 13.2 Å². The Labute approximate surface area is 142 Å². The van der Waals surface area contributed by atoms with Gasteiger partial charge in [0.15, 0.2) is 11.5 Å². The van der Waals surface area contributed by atoms with Gasteiger partial charge in [-0.25, -0.2) is 0 Å². The lowest BCUT2D eigenvalue weighted by Gasteiger charge is -2.15. The minimum absolute atomic E-state index is 0.497. The topological polar surface area (TPSA) is 30.5 Å². The first-order valence-electron chi connectivity index (χ1n) is 8.11. The molecule has 0 heterocycles. The highest BCUT2D eigenvalue weighted by molar-refractivity contribution is 6.31. The second-order valence-corrected chi connectivity index (χ2v) is 6.16. The van der Waals surface area contributed by atoms with Gasteiger partial charge in [0.2, 0.25) is 0 Å². The molecule has 1 aliphatic rings. The maximum absolute atomic E-state index is 6.41. The first-order chi connectivity index (χ1) is 11.3. The quantitative estimate of drug-likeness (QED) is 0.768. The van der Waals surface area contributed by atoms with Crippen LogP contribution in [-0.4, -0.2) is 12.6 Å². The fourth-order valence-electron chi connectivity index (χ4n) is 2.37. The van der Waals surface area contributed by atoms with E-state index in [0.29, 0.717) is 30.0 Å². The minimum Gasteiger partial charge on any atom is -0.490 e. The molecule has 1 fully saturated rings. The molecule has 0 aliphatic heterocycles. The lowest BCUT2D eigenvalue weighted by molar-refractivity contribution is 0.269. The molecule has 1 saturated carbocycles. The van der Waals surface area contributed by atoms with E-state index in [0.717, 1.165) is 23.4 Å². The van der Waals surface area contributed by atoms with E-state index in [2.05, 4.69) is 5.32 Å². The highest BCUT2D eigenvalue weighted by atomic mass is 35.5. The number of ether oxygens (including phenoxy) is 2. The Morgan fingerprint density at radius 3 is 2.52 bits per heavy atom. The molecule has 2 aromatic rings. The zero-order chi connectivity index (χ0) is 16.1. The summed E-state index contributed by atoms with van der Waals surface area (Å²) in [6.07, 6.45) is 2.52. The zero-order valence-corrected chi connectivity index (χ0v) is 14.1. The summed E-state index contributed by atoms with van der Waals surface area (Å²) >= 11 is 6.41. The number of benzene rings is 2. The third-order valence-corrected chi connectivity index (χ3v) is 4.16. The Kier molecular flexibility index (Phi) is 5.42. The van der Waals surface area contributed by atoms with E-state index < -0.39 is 0 Å². The van der Waals surface area contributed by atoms with Gasteiger partial charge in [0.1, 0.15) is 6.61 Å². The third kappa shape index (κ3) is 4.63. The molecule has 0 unspecified atom stereocenters. The molecule has 3 rings (SSSR count).